The summed E-state index contributed by atoms with van der Waals surface area (Å²) in [5.41, 5.74) is 3.71. The average Bonchev–Trinajstić information content (AvgIpc) is 2.55. The van der Waals surface area contributed by atoms with Crippen LogP contribution in [0.15, 0.2) is 30.5 Å². The Morgan fingerprint density at radius 2 is 2.05 bits per heavy atom. The SMILES string of the molecule is CC(C)(C#N)c1ccc(Nc2ncc3c(n2)CNCC3)cc1. The van der Waals surface area contributed by atoms with Crippen LogP contribution in [0.5, 0.6) is 0 Å². The van der Waals surface area contributed by atoms with Gasteiger partial charge >= 0.3 is 0 Å². The Morgan fingerprint density at radius 3 is 2.77 bits per heavy atom. The van der Waals surface area contributed by atoms with Crippen molar-refractivity contribution in [3.63, 3.8) is 0 Å². The monoisotopic (exact) mass is 293 g/mol. The summed E-state index contributed by atoms with van der Waals surface area (Å²) in [6.45, 7) is 5.60. The minimum Gasteiger partial charge on any atom is -0.324 e. The van der Waals surface area contributed by atoms with Crippen LogP contribution in [0.25, 0.3) is 0 Å². The van der Waals surface area contributed by atoms with Crippen LogP contribution in [0, 0.1) is 11.3 Å². The molecule has 0 saturated carbocycles. The molecule has 0 saturated heterocycles. The lowest BCUT2D eigenvalue weighted by molar-refractivity contribution is 0.624. The van der Waals surface area contributed by atoms with Gasteiger partial charge < -0.3 is 10.6 Å². The first-order valence-corrected chi connectivity index (χ1v) is 7.43. The van der Waals surface area contributed by atoms with E-state index >= 15 is 0 Å². The molecule has 0 spiro atoms. The number of rotatable bonds is 3. The summed E-state index contributed by atoms with van der Waals surface area (Å²) in [5, 5.41) is 15.7. The van der Waals surface area contributed by atoms with Crippen molar-refractivity contribution in [2.75, 3.05) is 11.9 Å². The van der Waals surface area contributed by atoms with E-state index in [1.165, 1.54) is 5.56 Å². The van der Waals surface area contributed by atoms with E-state index in [1.807, 2.05) is 44.3 Å². The predicted molar refractivity (Wildman–Crippen MR) is 85.8 cm³/mol. The van der Waals surface area contributed by atoms with Crippen LogP contribution in [0.4, 0.5) is 11.6 Å². The highest BCUT2D eigenvalue weighted by Crippen LogP contribution is 2.24. The molecule has 0 bridgehead atoms. The van der Waals surface area contributed by atoms with Crippen LogP contribution in [-0.2, 0) is 18.4 Å². The largest absolute Gasteiger partial charge is 0.324 e. The molecule has 2 heterocycles. The van der Waals surface area contributed by atoms with E-state index in [9.17, 15) is 5.26 Å². The van der Waals surface area contributed by atoms with Crippen molar-refractivity contribution < 1.29 is 0 Å². The first kappa shape index (κ1) is 14.5. The Balaban J connectivity index is 1.78. The molecule has 1 aliphatic rings. The fourth-order valence-corrected chi connectivity index (χ4v) is 2.46. The van der Waals surface area contributed by atoms with Crippen LogP contribution in [-0.4, -0.2) is 16.5 Å². The van der Waals surface area contributed by atoms with E-state index in [1.54, 1.807) is 0 Å². The van der Waals surface area contributed by atoms with Crippen LogP contribution < -0.4 is 10.6 Å². The molecule has 0 aliphatic carbocycles. The Morgan fingerprint density at radius 1 is 1.27 bits per heavy atom. The van der Waals surface area contributed by atoms with Gasteiger partial charge in [0, 0.05) is 18.4 Å². The molecule has 0 radical (unpaired) electrons. The third-order valence-electron chi connectivity index (χ3n) is 3.96. The van der Waals surface area contributed by atoms with Crippen molar-refractivity contribution in [3.8, 4) is 6.07 Å². The normalized spacial score (nSPS) is 14.0. The fourth-order valence-electron chi connectivity index (χ4n) is 2.46. The van der Waals surface area contributed by atoms with E-state index in [0.29, 0.717) is 5.95 Å². The summed E-state index contributed by atoms with van der Waals surface area (Å²) in [4.78, 5) is 8.93. The highest BCUT2D eigenvalue weighted by atomic mass is 15.1. The first-order valence-electron chi connectivity index (χ1n) is 7.43. The second kappa shape index (κ2) is 5.74. The molecule has 0 atom stereocenters. The lowest BCUT2D eigenvalue weighted by Crippen LogP contribution is -2.25. The number of hydrogen-bond acceptors (Lipinski definition) is 5. The van der Waals surface area contributed by atoms with Gasteiger partial charge in [-0.05, 0) is 50.1 Å². The topological polar surface area (TPSA) is 73.6 Å². The van der Waals surface area contributed by atoms with Crippen molar-refractivity contribution in [1.29, 1.82) is 5.26 Å². The fraction of sp³-hybridized carbons (Fsp3) is 0.353. The van der Waals surface area contributed by atoms with Crippen molar-refractivity contribution >= 4 is 11.6 Å². The number of nitriles is 1. The summed E-state index contributed by atoms with van der Waals surface area (Å²) in [5.74, 6) is 0.606. The molecule has 0 unspecified atom stereocenters. The minimum atomic E-state index is -0.480. The van der Waals surface area contributed by atoms with Crippen LogP contribution in [0.1, 0.15) is 30.7 Å². The molecule has 5 nitrogen and oxygen atoms in total. The second-order valence-corrected chi connectivity index (χ2v) is 6.03. The summed E-state index contributed by atoms with van der Waals surface area (Å²) in [6, 6.07) is 10.1. The number of aromatic nitrogens is 2. The molecule has 3 rings (SSSR count). The molecule has 1 aromatic carbocycles. The standard InChI is InChI=1S/C17H19N5/c1-17(2,11-18)13-3-5-14(6-4-13)21-16-20-9-12-7-8-19-10-15(12)22-16/h3-6,9,19H,7-8,10H2,1-2H3,(H,20,21,22). The molecule has 5 heteroatoms. The Hall–Kier alpha value is -2.45. The number of benzene rings is 1. The molecular weight excluding hydrogens is 274 g/mol. The van der Waals surface area contributed by atoms with Gasteiger partial charge in [-0.1, -0.05) is 12.1 Å². The zero-order valence-corrected chi connectivity index (χ0v) is 12.8. The summed E-state index contributed by atoms with van der Waals surface area (Å²) < 4.78 is 0. The zero-order valence-electron chi connectivity index (χ0n) is 12.8. The quantitative estimate of drug-likeness (QED) is 0.910. The van der Waals surface area contributed by atoms with Crippen molar-refractivity contribution in [2.24, 2.45) is 0 Å². The van der Waals surface area contributed by atoms with Gasteiger partial charge in [-0.3, -0.25) is 0 Å². The third kappa shape index (κ3) is 2.92. The highest BCUT2D eigenvalue weighted by Gasteiger charge is 2.19. The van der Waals surface area contributed by atoms with Crippen LogP contribution in [0.2, 0.25) is 0 Å². The molecule has 112 valence electrons. The molecule has 0 fully saturated rings. The van der Waals surface area contributed by atoms with Crippen LogP contribution >= 0.6 is 0 Å². The van der Waals surface area contributed by atoms with E-state index in [-0.39, 0.29) is 0 Å². The maximum Gasteiger partial charge on any atom is 0.227 e. The molecule has 2 N–H and O–H groups in total. The Labute approximate surface area is 130 Å². The van der Waals surface area contributed by atoms with E-state index in [2.05, 4.69) is 26.7 Å². The van der Waals surface area contributed by atoms with Crippen molar-refractivity contribution in [2.45, 2.75) is 32.2 Å². The Kier molecular flexibility index (Phi) is 3.78. The first-order chi connectivity index (χ1) is 10.6. The van der Waals surface area contributed by atoms with Crippen molar-refractivity contribution in [3.05, 3.63) is 47.3 Å². The molecular formula is C17H19N5. The minimum absolute atomic E-state index is 0.480. The van der Waals surface area contributed by atoms with Gasteiger partial charge in [-0.2, -0.15) is 5.26 Å². The lowest BCUT2D eigenvalue weighted by atomic mass is 9.86. The molecule has 1 aromatic heterocycles. The number of fused-ring (bicyclic) bond motifs is 1. The number of nitrogens with zero attached hydrogens (tertiary/aromatic N) is 3. The summed E-state index contributed by atoms with van der Waals surface area (Å²) >= 11 is 0. The van der Waals surface area contributed by atoms with Gasteiger partial charge in [0.15, 0.2) is 0 Å². The van der Waals surface area contributed by atoms with Gasteiger partial charge in [0.25, 0.3) is 0 Å². The van der Waals surface area contributed by atoms with Gasteiger partial charge in [-0.25, -0.2) is 9.97 Å². The van der Waals surface area contributed by atoms with Crippen LogP contribution in [0.3, 0.4) is 0 Å². The number of hydrogen-bond donors (Lipinski definition) is 2. The maximum atomic E-state index is 9.17. The van der Waals surface area contributed by atoms with Gasteiger partial charge in [-0.15, -0.1) is 0 Å². The van der Waals surface area contributed by atoms with Crippen molar-refractivity contribution in [1.82, 2.24) is 15.3 Å². The number of nitrogens with one attached hydrogen (secondary N) is 2. The Bertz CT molecular complexity index is 713. The van der Waals surface area contributed by atoms with E-state index in [0.717, 1.165) is 36.5 Å². The number of anilines is 2. The van der Waals surface area contributed by atoms with E-state index in [4.69, 9.17) is 0 Å². The zero-order chi connectivity index (χ0) is 15.6. The summed E-state index contributed by atoms with van der Waals surface area (Å²) in [6.07, 6.45) is 2.88. The van der Waals surface area contributed by atoms with Gasteiger partial charge in [0.1, 0.15) is 0 Å². The van der Waals surface area contributed by atoms with Gasteiger partial charge in [0.05, 0.1) is 17.2 Å². The lowest BCUT2D eigenvalue weighted by Gasteiger charge is -2.17. The molecule has 0 amide bonds. The van der Waals surface area contributed by atoms with Gasteiger partial charge in [0.2, 0.25) is 5.95 Å². The van der Waals surface area contributed by atoms with E-state index < -0.39 is 5.41 Å². The maximum absolute atomic E-state index is 9.17. The third-order valence-corrected chi connectivity index (χ3v) is 3.96. The highest BCUT2D eigenvalue weighted by molar-refractivity contribution is 5.54. The molecule has 22 heavy (non-hydrogen) atoms. The summed E-state index contributed by atoms with van der Waals surface area (Å²) in [7, 11) is 0. The predicted octanol–water partition coefficient (Wildman–Crippen LogP) is 2.67. The molecule has 2 aromatic rings. The second-order valence-electron chi connectivity index (χ2n) is 6.03. The smallest absolute Gasteiger partial charge is 0.227 e. The molecule has 1 aliphatic heterocycles. The average molecular weight is 293 g/mol.